The smallest absolute Gasteiger partial charge is 0.143 e. The highest BCUT2D eigenvalue weighted by molar-refractivity contribution is 5.82. The number of terminal acetylenes is 1. The molecule has 1 rings (SSSR count). The van der Waals surface area contributed by atoms with E-state index in [9.17, 15) is 0 Å². The molecule has 1 unspecified atom stereocenters. The topological polar surface area (TPSA) is 21.6 Å². The third-order valence-corrected chi connectivity index (χ3v) is 1.23. The van der Waals surface area contributed by atoms with Crippen LogP contribution in [0.2, 0.25) is 0 Å². The van der Waals surface area contributed by atoms with Gasteiger partial charge in [-0.25, -0.2) is 0 Å². The minimum absolute atomic E-state index is 0.148. The van der Waals surface area contributed by atoms with Gasteiger partial charge >= 0.3 is 0 Å². The molecule has 2 nitrogen and oxygen atoms in total. The average molecular weight is 123 g/mol. The standard InChI is InChI=1S/C7H9NO/c1-3-4-7-5-6(2)8-9-7/h1,7H,4-5H2,2H3. The van der Waals surface area contributed by atoms with Crippen LogP contribution in [0.3, 0.4) is 0 Å². The SMILES string of the molecule is C#CCC1CC(C)=NO1. The maximum Gasteiger partial charge on any atom is 0.143 e. The molecule has 0 N–H and O–H groups in total. The first-order chi connectivity index (χ1) is 4.33. The van der Waals surface area contributed by atoms with Crippen molar-refractivity contribution in [3.63, 3.8) is 0 Å². The quantitative estimate of drug-likeness (QED) is 0.480. The second kappa shape index (κ2) is 2.54. The molecular weight excluding hydrogens is 114 g/mol. The fraction of sp³-hybridized carbons (Fsp3) is 0.571. The molecule has 0 bridgehead atoms. The lowest BCUT2D eigenvalue weighted by atomic mass is 10.1. The van der Waals surface area contributed by atoms with Crippen molar-refractivity contribution in [3.8, 4) is 12.3 Å². The summed E-state index contributed by atoms with van der Waals surface area (Å²) in [5.74, 6) is 2.53. The summed E-state index contributed by atoms with van der Waals surface area (Å²) in [6.07, 6.45) is 6.78. The van der Waals surface area contributed by atoms with Crippen molar-refractivity contribution < 1.29 is 4.84 Å². The number of oxime groups is 1. The first-order valence-corrected chi connectivity index (χ1v) is 2.95. The maximum atomic E-state index is 5.07. The van der Waals surface area contributed by atoms with E-state index < -0.39 is 0 Å². The van der Waals surface area contributed by atoms with E-state index in [4.69, 9.17) is 11.3 Å². The molecule has 1 atom stereocenters. The lowest BCUT2D eigenvalue weighted by molar-refractivity contribution is 0.0894. The van der Waals surface area contributed by atoms with Crippen LogP contribution in [-0.2, 0) is 4.84 Å². The van der Waals surface area contributed by atoms with Crippen molar-refractivity contribution in [2.24, 2.45) is 5.16 Å². The van der Waals surface area contributed by atoms with Gasteiger partial charge in [-0.05, 0) is 6.92 Å². The fourth-order valence-electron chi connectivity index (χ4n) is 0.809. The minimum atomic E-state index is 0.148. The average Bonchev–Trinajstić information content (AvgIpc) is 2.17. The molecule has 0 saturated carbocycles. The van der Waals surface area contributed by atoms with Gasteiger partial charge in [0, 0.05) is 12.8 Å². The van der Waals surface area contributed by atoms with Crippen molar-refractivity contribution in [3.05, 3.63) is 0 Å². The fourth-order valence-corrected chi connectivity index (χ4v) is 0.809. The van der Waals surface area contributed by atoms with E-state index >= 15 is 0 Å². The number of rotatable bonds is 1. The Morgan fingerprint density at radius 1 is 2.00 bits per heavy atom. The predicted molar refractivity (Wildman–Crippen MR) is 36.0 cm³/mol. The van der Waals surface area contributed by atoms with Crippen LogP contribution in [0.1, 0.15) is 19.8 Å². The monoisotopic (exact) mass is 123 g/mol. The molecule has 0 saturated heterocycles. The van der Waals surface area contributed by atoms with E-state index in [2.05, 4.69) is 11.1 Å². The van der Waals surface area contributed by atoms with Crippen molar-refractivity contribution >= 4 is 5.71 Å². The van der Waals surface area contributed by atoms with E-state index in [-0.39, 0.29) is 6.10 Å². The second-order valence-corrected chi connectivity index (χ2v) is 2.17. The van der Waals surface area contributed by atoms with E-state index in [1.54, 1.807) is 0 Å². The van der Waals surface area contributed by atoms with Gasteiger partial charge in [-0.2, -0.15) is 0 Å². The van der Waals surface area contributed by atoms with Gasteiger partial charge in [0.1, 0.15) is 6.10 Å². The predicted octanol–water partition coefficient (Wildman–Crippen LogP) is 1.17. The van der Waals surface area contributed by atoms with Crippen LogP contribution in [0, 0.1) is 12.3 Å². The Labute approximate surface area is 54.9 Å². The third kappa shape index (κ3) is 1.46. The molecule has 0 aliphatic carbocycles. The Balaban J connectivity index is 2.31. The van der Waals surface area contributed by atoms with Crippen LogP contribution in [0.15, 0.2) is 5.16 Å². The Kier molecular flexibility index (Phi) is 1.74. The Morgan fingerprint density at radius 2 is 2.78 bits per heavy atom. The summed E-state index contributed by atoms with van der Waals surface area (Å²) in [5, 5.41) is 3.76. The number of hydrogen-bond donors (Lipinski definition) is 0. The Morgan fingerprint density at radius 3 is 3.22 bits per heavy atom. The lowest BCUT2D eigenvalue weighted by Gasteiger charge is -1.99. The first-order valence-electron chi connectivity index (χ1n) is 2.95. The highest BCUT2D eigenvalue weighted by atomic mass is 16.6. The zero-order valence-electron chi connectivity index (χ0n) is 5.42. The van der Waals surface area contributed by atoms with E-state index in [0.29, 0.717) is 6.42 Å². The Hall–Kier alpha value is -0.970. The zero-order chi connectivity index (χ0) is 6.69. The molecule has 0 fully saturated rings. The van der Waals surface area contributed by atoms with Gasteiger partial charge in [0.05, 0.1) is 5.71 Å². The van der Waals surface area contributed by atoms with Gasteiger partial charge in [-0.15, -0.1) is 12.3 Å². The molecule has 0 aromatic carbocycles. The molecule has 48 valence electrons. The van der Waals surface area contributed by atoms with Crippen LogP contribution in [0.5, 0.6) is 0 Å². The molecular formula is C7H9NO. The van der Waals surface area contributed by atoms with Crippen LogP contribution in [-0.4, -0.2) is 11.8 Å². The van der Waals surface area contributed by atoms with Crippen molar-refractivity contribution in [2.75, 3.05) is 0 Å². The molecule has 1 aliphatic heterocycles. The summed E-state index contributed by atoms with van der Waals surface area (Å²) in [6.45, 7) is 1.94. The van der Waals surface area contributed by atoms with Crippen LogP contribution >= 0.6 is 0 Å². The largest absolute Gasteiger partial charge is 0.391 e. The summed E-state index contributed by atoms with van der Waals surface area (Å²) in [5.41, 5.74) is 1.04. The summed E-state index contributed by atoms with van der Waals surface area (Å²) < 4.78 is 0. The molecule has 0 aromatic rings. The lowest BCUT2D eigenvalue weighted by Crippen LogP contribution is -2.04. The van der Waals surface area contributed by atoms with Crippen LogP contribution in [0.4, 0.5) is 0 Å². The van der Waals surface area contributed by atoms with Gasteiger partial charge in [0.25, 0.3) is 0 Å². The minimum Gasteiger partial charge on any atom is -0.391 e. The van der Waals surface area contributed by atoms with E-state index in [1.807, 2.05) is 6.92 Å². The molecule has 2 heteroatoms. The summed E-state index contributed by atoms with van der Waals surface area (Å²) in [7, 11) is 0. The molecule has 9 heavy (non-hydrogen) atoms. The highest BCUT2D eigenvalue weighted by Crippen LogP contribution is 2.11. The summed E-state index contributed by atoms with van der Waals surface area (Å²) in [4.78, 5) is 4.95. The molecule has 0 amide bonds. The molecule has 1 heterocycles. The maximum absolute atomic E-state index is 5.07. The van der Waals surface area contributed by atoms with E-state index in [0.717, 1.165) is 12.1 Å². The van der Waals surface area contributed by atoms with Crippen LogP contribution in [0.25, 0.3) is 0 Å². The number of hydrogen-bond acceptors (Lipinski definition) is 2. The van der Waals surface area contributed by atoms with Gasteiger partial charge < -0.3 is 4.84 Å². The summed E-state index contributed by atoms with van der Waals surface area (Å²) >= 11 is 0. The normalized spacial score (nSPS) is 24.4. The first kappa shape index (κ1) is 6.15. The molecule has 1 aliphatic rings. The van der Waals surface area contributed by atoms with Gasteiger partial charge in [-0.3, -0.25) is 0 Å². The molecule has 0 spiro atoms. The summed E-state index contributed by atoms with van der Waals surface area (Å²) in [6, 6.07) is 0. The second-order valence-electron chi connectivity index (χ2n) is 2.17. The van der Waals surface area contributed by atoms with Gasteiger partial charge in [0.2, 0.25) is 0 Å². The molecule has 0 radical (unpaired) electrons. The van der Waals surface area contributed by atoms with Crippen molar-refractivity contribution in [2.45, 2.75) is 25.9 Å². The zero-order valence-corrected chi connectivity index (χ0v) is 5.42. The van der Waals surface area contributed by atoms with Crippen LogP contribution < -0.4 is 0 Å². The number of nitrogens with zero attached hydrogens (tertiary/aromatic N) is 1. The van der Waals surface area contributed by atoms with Gasteiger partial charge in [0.15, 0.2) is 0 Å². The van der Waals surface area contributed by atoms with Crippen molar-refractivity contribution in [1.82, 2.24) is 0 Å². The Bertz CT molecular complexity index is 166. The van der Waals surface area contributed by atoms with Crippen molar-refractivity contribution in [1.29, 1.82) is 0 Å². The third-order valence-electron chi connectivity index (χ3n) is 1.23. The highest BCUT2D eigenvalue weighted by Gasteiger charge is 2.15. The van der Waals surface area contributed by atoms with E-state index in [1.165, 1.54) is 0 Å². The molecule has 0 aromatic heterocycles. The van der Waals surface area contributed by atoms with Gasteiger partial charge in [-0.1, -0.05) is 5.16 Å².